The molecule has 0 radical (unpaired) electrons. The molecule has 0 amide bonds. The van der Waals surface area contributed by atoms with Crippen LogP contribution in [0.5, 0.6) is 0 Å². The van der Waals surface area contributed by atoms with Crippen molar-refractivity contribution in [2.75, 3.05) is 24.5 Å². The van der Waals surface area contributed by atoms with E-state index in [0.717, 1.165) is 25.5 Å². The maximum Gasteiger partial charge on any atom is 0.293 e. The van der Waals surface area contributed by atoms with E-state index in [2.05, 4.69) is 26.9 Å². The lowest BCUT2D eigenvalue weighted by atomic mass is 10.2. The van der Waals surface area contributed by atoms with E-state index in [9.17, 15) is 14.9 Å². The van der Waals surface area contributed by atoms with E-state index in [-0.39, 0.29) is 11.3 Å². The Morgan fingerprint density at radius 3 is 2.57 bits per heavy atom. The Balaban J connectivity index is 0.000000322. The average molecular weight is 324 g/mol. The van der Waals surface area contributed by atoms with Crippen LogP contribution in [0.25, 0.3) is 0 Å². The van der Waals surface area contributed by atoms with Crippen molar-refractivity contribution < 1.29 is 14.5 Å². The van der Waals surface area contributed by atoms with Gasteiger partial charge in [0.2, 0.25) is 0 Å². The number of ether oxygens (including phenoxy) is 1. The summed E-state index contributed by atoms with van der Waals surface area (Å²) in [4.78, 5) is 25.9. The monoisotopic (exact) mass is 324 g/mol. The quantitative estimate of drug-likeness (QED) is 0.514. The SMILES string of the molecule is CC(C)(C)OC=O.C[C@@H]1CNCCN1c1ccc([N+](=O)[O-])cn1. The molecule has 1 fully saturated rings. The fourth-order valence-electron chi connectivity index (χ4n) is 1.98. The highest BCUT2D eigenvalue weighted by atomic mass is 16.6. The van der Waals surface area contributed by atoms with Crippen LogP contribution in [-0.4, -0.2) is 47.7 Å². The van der Waals surface area contributed by atoms with Crippen LogP contribution in [0, 0.1) is 10.1 Å². The van der Waals surface area contributed by atoms with Gasteiger partial charge in [0, 0.05) is 31.7 Å². The molecule has 2 heterocycles. The predicted octanol–water partition coefficient (Wildman–Crippen LogP) is 1.75. The summed E-state index contributed by atoms with van der Waals surface area (Å²) in [6.07, 6.45) is 1.31. The van der Waals surface area contributed by atoms with E-state index < -0.39 is 4.92 Å². The van der Waals surface area contributed by atoms with Gasteiger partial charge in [-0.25, -0.2) is 4.98 Å². The number of carbonyl (C=O) groups is 1. The maximum absolute atomic E-state index is 10.5. The van der Waals surface area contributed by atoms with Crippen LogP contribution in [-0.2, 0) is 9.53 Å². The number of rotatable bonds is 3. The van der Waals surface area contributed by atoms with Gasteiger partial charge in [-0.1, -0.05) is 0 Å². The average Bonchev–Trinajstić information content (AvgIpc) is 2.47. The highest BCUT2D eigenvalue weighted by Gasteiger charge is 2.19. The Kier molecular flexibility index (Phi) is 6.89. The molecule has 128 valence electrons. The van der Waals surface area contributed by atoms with Crippen molar-refractivity contribution in [2.45, 2.75) is 39.3 Å². The topological polar surface area (TPSA) is 97.6 Å². The summed E-state index contributed by atoms with van der Waals surface area (Å²) in [5.74, 6) is 0.805. The molecule has 0 unspecified atom stereocenters. The molecule has 8 heteroatoms. The highest BCUT2D eigenvalue weighted by Crippen LogP contribution is 2.18. The van der Waals surface area contributed by atoms with Gasteiger partial charge in [0.25, 0.3) is 12.2 Å². The van der Waals surface area contributed by atoms with Gasteiger partial charge in [0.05, 0.1) is 4.92 Å². The number of hydrogen-bond donors (Lipinski definition) is 1. The lowest BCUT2D eigenvalue weighted by Gasteiger charge is -2.34. The summed E-state index contributed by atoms with van der Waals surface area (Å²) < 4.78 is 4.55. The zero-order chi connectivity index (χ0) is 17.5. The van der Waals surface area contributed by atoms with Crippen molar-refractivity contribution in [1.82, 2.24) is 10.3 Å². The summed E-state index contributed by atoms with van der Waals surface area (Å²) in [6.45, 7) is 10.7. The van der Waals surface area contributed by atoms with Crippen molar-refractivity contribution in [2.24, 2.45) is 0 Å². The molecule has 2 rings (SSSR count). The normalized spacial score (nSPS) is 17.7. The first kappa shape index (κ1) is 18.8. The number of anilines is 1. The first-order valence-corrected chi connectivity index (χ1v) is 7.44. The second-order valence-corrected chi connectivity index (χ2v) is 6.20. The molecule has 8 nitrogen and oxygen atoms in total. The molecule has 0 aromatic carbocycles. The minimum atomic E-state index is -0.433. The van der Waals surface area contributed by atoms with E-state index in [4.69, 9.17) is 0 Å². The Hall–Kier alpha value is -2.22. The van der Waals surface area contributed by atoms with Gasteiger partial charge in [-0.2, -0.15) is 0 Å². The smallest absolute Gasteiger partial charge is 0.293 e. The number of nitrogens with zero attached hydrogens (tertiary/aromatic N) is 3. The lowest BCUT2D eigenvalue weighted by Crippen LogP contribution is -2.50. The van der Waals surface area contributed by atoms with Crippen LogP contribution in [0.2, 0.25) is 0 Å². The predicted molar refractivity (Wildman–Crippen MR) is 87.5 cm³/mol. The lowest BCUT2D eigenvalue weighted by molar-refractivity contribution is -0.385. The van der Waals surface area contributed by atoms with Crippen LogP contribution in [0.15, 0.2) is 18.3 Å². The Bertz CT molecular complexity index is 513. The van der Waals surface area contributed by atoms with Crippen molar-refractivity contribution >= 4 is 18.0 Å². The first-order chi connectivity index (χ1) is 10.7. The Morgan fingerprint density at radius 1 is 1.48 bits per heavy atom. The molecule has 1 N–H and O–H groups in total. The van der Waals surface area contributed by atoms with E-state index in [1.54, 1.807) is 6.07 Å². The van der Waals surface area contributed by atoms with Crippen LogP contribution in [0.4, 0.5) is 11.5 Å². The van der Waals surface area contributed by atoms with Crippen LogP contribution < -0.4 is 10.2 Å². The molecular formula is C15H24N4O4. The van der Waals surface area contributed by atoms with Gasteiger partial charge >= 0.3 is 0 Å². The second-order valence-electron chi connectivity index (χ2n) is 6.20. The summed E-state index contributed by atoms with van der Waals surface area (Å²) >= 11 is 0. The molecule has 1 saturated heterocycles. The van der Waals surface area contributed by atoms with Crippen LogP contribution in [0.1, 0.15) is 27.7 Å². The van der Waals surface area contributed by atoms with E-state index in [0.29, 0.717) is 12.5 Å². The summed E-state index contributed by atoms with van der Waals surface area (Å²) in [6, 6.07) is 3.57. The number of nitro groups is 1. The van der Waals surface area contributed by atoms with Crippen molar-refractivity contribution in [3.63, 3.8) is 0 Å². The van der Waals surface area contributed by atoms with Gasteiger partial charge in [-0.15, -0.1) is 0 Å². The number of carbonyl (C=O) groups excluding carboxylic acids is 1. The molecule has 0 aliphatic carbocycles. The van der Waals surface area contributed by atoms with Crippen LogP contribution >= 0.6 is 0 Å². The Labute approximate surface area is 136 Å². The van der Waals surface area contributed by atoms with Gasteiger partial charge in [-0.05, 0) is 33.8 Å². The van der Waals surface area contributed by atoms with E-state index in [1.165, 1.54) is 12.3 Å². The van der Waals surface area contributed by atoms with Gasteiger partial charge in [0.1, 0.15) is 17.6 Å². The third-order valence-corrected chi connectivity index (χ3v) is 3.14. The first-order valence-electron chi connectivity index (χ1n) is 7.44. The summed E-state index contributed by atoms with van der Waals surface area (Å²) in [5, 5.41) is 13.8. The number of pyridine rings is 1. The molecule has 1 atom stereocenters. The Morgan fingerprint density at radius 2 is 2.17 bits per heavy atom. The second kappa shape index (κ2) is 8.42. The number of piperazine rings is 1. The zero-order valence-electron chi connectivity index (χ0n) is 14.0. The molecule has 0 spiro atoms. The van der Waals surface area contributed by atoms with Gasteiger partial charge < -0.3 is 15.0 Å². The highest BCUT2D eigenvalue weighted by molar-refractivity contribution is 5.44. The molecular weight excluding hydrogens is 300 g/mol. The molecule has 23 heavy (non-hydrogen) atoms. The third-order valence-electron chi connectivity index (χ3n) is 3.14. The number of aromatic nitrogens is 1. The molecule has 1 aromatic heterocycles. The summed E-state index contributed by atoms with van der Waals surface area (Å²) in [5.41, 5.74) is -0.284. The molecule has 1 aliphatic heterocycles. The molecule has 0 saturated carbocycles. The van der Waals surface area contributed by atoms with E-state index >= 15 is 0 Å². The minimum absolute atomic E-state index is 0.0338. The number of hydrogen-bond acceptors (Lipinski definition) is 7. The van der Waals surface area contributed by atoms with Crippen molar-refractivity contribution in [3.8, 4) is 0 Å². The van der Waals surface area contributed by atoms with Gasteiger partial charge in [-0.3, -0.25) is 14.9 Å². The van der Waals surface area contributed by atoms with Crippen molar-refractivity contribution in [3.05, 3.63) is 28.4 Å². The standard InChI is InChI=1S/C10H14N4O2.C5H10O2/c1-8-6-11-4-5-13(8)10-3-2-9(7-12-10)14(15)16;1-5(2,3)7-4-6/h2-3,7-8,11H,4-6H2,1H3;4H,1-3H3/t8-;/m1./s1. The third kappa shape index (κ3) is 6.60. The fourth-order valence-corrected chi connectivity index (χ4v) is 1.98. The largest absolute Gasteiger partial charge is 0.462 e. The summed E-state index contributed by atoms with van der Waals surface area (Å²) in [7, 11) is 0. The van der Waals surface area contributed by atoms with Crippen LogP contribution in [0.3, 0.4) is 0 Å². The zero-order valence-corrected chi connectivity index (χ0v) is 14.0. The fraction of sp³-hybridized carbons (Fsp3) is 0.600. The molecule has 1 aliphatic rings. The van der Waals surface area contributed by atoms with E-state index in [1.807, 2.05) is 20.8 Å². The minimum Gasteiger partial charge on any atom is -0.462 e. The molecule has 1 aromatic rings. The molecule has 0 bridgehead atoms. The maximum atomic E-state index is 10.5. The van der Waals surface area contributed by atoms with Crippen molar-refractivity contribution in [1.29, 1.82) is 0 Å². The van der Waals surface area contributed by atoms with Gasteiger partial charge in [0.15, 0.2) is 0 Å². The number of nitrogens with one attached hydrogen (secondary N) is 1.